The number of anilines is 2. The third kappa shape index (κ3) is 4.45. The van der Waals surface area contributed by atoms with Crippen LogP contribution in [-0.2, 0) is 4.79 Å². The van der Waals surface area contributed by atoms with E-state index in [1.807, 2.05) is 45.3 Å². The number of carbonyl (C=O) groups excluding carboxylic acids is 1. The summed E-state index contributed by atoms with van der Waals surface area (Å²) in [5, 5.41) is 2.69. The number of aryl methyl sites for hydroxylation is 1. The highest BCUT2D eigenvalue weighted by Gasteiger charge is 2.05. The Kier molecular flexibility index (Phi) is 4.71. The molecule has 0 atom stereocenters. The summed E-state index contributed by atoms with van der Waals surface area (Å²) in [6.07, 6.45) is 3.12. The van der Waals surface area contributed by atoms with Gasteiger partial charge in [0.2, 0.25) is 5.95 Å². The zero-order chi connectivity index (χ0) is 15.2. The predicted molar refractivity (Wildman–Crippen MR) is 81.7 cm³/mol. The molecule has 0 radical (unpaired) electrons. The van der Waals surface area contributed by atoms with Crippen molar-refractivity contribution < 1.29 is 9.53 Å². The van der Waals surface area contributed by atoms with Gasteiger partial charge in [-0.15, -0.1) is 0 Å². The van der Waals surface area contributed by atoms with Gasteiger partial charge in [0.25, 0.3) is 5.91 Å². The lowest BCUT2D eigenvalue weighted by Gasteiger charge is -2.10. The maximum atomic E-state index is 11.8. The number of carbonyl (C=O) groups is 1. The van der Waals surface area contributed by atoms with Crippen LogP contribution in [0.2, 0.25) is 0 Å². The first kappa shape index (κ1) is 14.8. The second-order valence-corrected chi connectivity index (χ2v) is 4.82. The molecule has 0 fully saturated rings. The van der Waals surface area contributed by atoms with E-state index in [9.17, 15) is 4.79 Å². The molecule has 1 heterocycles. The Bertz CT molecular complexity index is 611. The molecule has 0 bridgehead atoms. The van der Waals surface area contributed by atoms with Gasteiger partial charge in [0.05, 0.1) is 18.1 Å². The Morgan fingerprint density at radius 3 is 2.62 bits per heavy atom. The molecule has 1 N–H and O–H groups in total. The van der Waals surface area contributed by atoms with Crippen molar-refractivity contribution >= 4 is 17.5 Å². The van der Waals surface area contributed by atoms with Crippen LogP contribution in [0.1, 0.15) is 5.56 Å². The van der Waals surface area contributed by atoms with E-state index in [4.69, 9.17) is 4.74 Å². The van der Waals surface area contributed by atoms with Gasteiger partial charge in [-0.3, -0.25) is 4.79 Å². The number of aromatic nitrogens is 2. The van der Waals surface area contributed by atoms with Gasteiger partial charge in [-0.25, -0.2) is 9.97 Å². The smallest absolute Gasteiger partial charge is 0.262 e. The molecule has 6 nitrogen and oxygen atoms in total. The van der Waals surface area contributed by atoms with E-state index in [1.165, 1.54) is 0 Å². The maximum absolute atomic E-state index is 11.8. The molecule has 2 aromatic rings. The summed E-state index contributed by atoms with van der Waals surface area (Å²) < 4.78 is 5.42. The molecule has 0 saturated heterocycles. The zero-order valence-electron chi connectivity index (χ0n) is 12.3. The second kappa shape index (κ2) is 6.69. The van der Waals surface area contributed by atoms with E-state index in [-0.39, 0.29) is 12.5 Å². The van der Waals surface area contributed by atoms with Crippen LogP contribution in [0, 0.1) is 6.92 Å². The molecule has 2 rings (SSSR count). The Balaban J connectivity index is 1.87. The van der Waals surface area contributed by atoms with E-state index in [0.29, 0.717) is 17.4 Å². The summed E-state index contributed by atoms with van der Waals surface area (Å²) in [5.74, 6) is 1.01. The maximum Gasteiger partial charge on any atom is 0.262 e. The lowest BCUT2D eigenvalue weighted by atomic mass is 10.2. The van der Waals surface area contributed by atoms with E-state index in [1.54, 1.807) is 17.3 Å². The SMILES string of the molecule is Cc1cccc(OCC(=O)Nc2cnc(N(C)C)nc2)c1. The van der Waals surface area contributed by atoms with Crippen LogP contribution >= 0.6 is 0 Å². The molecule has 0 saturated carbocycles. The highest BCUT2D eigenvalue weighted by molar-refractivity contribution is 5.91. The van der Waals surface area contributed by atoms with Gasteiger partial charge < -0.3 is 15.0 Å². The molecule has 21 heavy (non-hydrogen) atoms. The summed E-state index contributed by atoms with van der Waals surface area (Å²) in [7, 11) is 3.70. The zero-order valence-corrected chi connectivity index (χ0v) is 12.3. The number of ether oxygens (including phenoxy) is 1. The summed E-state index contributed by atoms with van der Waals surface area (Å²) in [6.45, 7) is 1.91. The summed E-state index contributed by atoms with van der Waals surface area (Å²) in [4.78, 5) is 21.8. The van der Waals surface area contributed by atoms with Crippen molar-refractivity contribution in [2.75, 3.05) is 30.9 Å². The summed E-state index contributed by atoms with van der Waals surface area (Å²) in [6, 6.07) is 7.55. The van der Waals surface area contributed by atoms with Gasteiger partial charge in [-0.1, -0.05) is 12.1 Å². The number of rotatable bonds is 5. The van der Waals surface area contributed by atoms with Crippen LogP contribution in [0.25, 0.3) is 0 Å². The van der Waals surface area contributed by atoms with Crippen LogP contribution in [0.15, 0.2) is 36.7 Å². The fraction of sp³-hybridized carbons (Fsp3) is 0.267. The van der Waals surface area contributed by atoms with Crippen LogP contribution in [0.3, 0.4) is 0 Å². The molecular weight excluding hydrogens is 268 g/mol. The predicted octanol–water partition coefficient (Wildman–Crippen LogP) is 1.87. The van der Waals surface area contributed by atoms with Crippen molar-refractivity contribution in [1.82, 2.24) is 9.97 Å². The lowest BCUT2D eigenvalue weighted by molar-refractivity contribution is -0.118. The highest BCUT2D eigenvalue weighted by Crippen LogP contribution is 2.12. The fourth-order valence-electron chi connectivity index (χ4n) is 1.67. The molecule has 0 aliphatic rings. The minimum atomic E-state index is -0.252. The molecule has 0 unspecified atom stereocenters. The average Bonchev–Trinajstić information content (AvgIpc) is 2.46. The number of nitrogens with one attached hydrogen (secondary N) is 1. The van der Waals surface area contributed by atoms with Gasteiger partial charge in [-0.05, 0) is 24.6 Å². The molecule has 0 spiro atoms. The first-order valence-corrected chi connectivity index (χ1v) is 6.53. The first-order chi connectivity index (χ1) is 10.0. The standard InChI is InChI=1S/C15H18N4O2/c1-11-5-4-6-13(7-11)21-10-14(20)18-12-8-16-15(17-9-12)19(2)3/h4-9H,10H2,1-3H3,(H,18,20). The summed E-state index contributed by atoms with van der Waals surface area (Å²) >= 11 is 0. The fourth-order valence-corrected chi connectivity index (χ4v) is 1.67. The van der Waals surface area contributed by atoms with E-state index >= 15 is 0 Å². The molecule has 1 amide bonds. The third-order valence-corrected chi connectivity index (χ3v) is 2.68. The van der Waals surface area contributed by atoms with Gasteiger partial charge in [-0.2, -0.15) is 0 Å². The monoisotopic (exact) mass is 286 g/mol. The lowest BCUT2D eigenvalue weighted by Crippen LogP contribution is -2.20. The molecule has 6 heteroatoms. The first-order valence-electron chi connectivity index (χ1n) is 6.53. The third-order valence-electron chi connectivity index (χ3n) is 2.68. The second-order valence-electron chi connectivity index (χ2n) is 4.82. The van der Waals surface area contributed by atoms with Gasteiger partial charge in [0, 0.05) is 14.1 Å². The molecule has 0 aliphatic heterocycles. The van der Waals surface area contributed by atoms with Crippen molar-refractivity contribution in [3.8, 4) is 5.75 Å². The average molecular weight is 286 g/mol. The van der Waals surface area contributed by atoms with E-state index < -0.39 is 0 Å². The number of hydrogen-bond acceptors (Lipinski definition) is 5. The van der Waals surface area contributed by atoms with Crippen LogP contribution in [-0.4, -0.2) is 36.6 Å². The van der Waals surface area contributed by atoms with Gasteiger partial charge in [0.15, 0.2) is 6.61 Å². The quantitative estimate of drug-likeness (QED) is 0.909. The molecule has 1 aromatic carbocycles. The summed E-state index contributed by atoms with van der Waals surface area (Å²) in [5.41, 5.74) is 1.62. The van der Waals surface area contributed by atoms with Crippen molar-refractivity contribution in [2.24, 2.45) is 0 Å². The molecule has 1 aromatic heterocycles. The van der Waals surface area contributed by atoms with Crippen molar-refractivity contribution in [1.29, 1.82) is 0 Å². The number of nitrogens with zero attached hydrogens (tertiary/aromatic N) is 3. The number of benzene rings is 1. The van der Waals surface area contributed by atoms with Crippen molar-refractivity contribution in [3.05, 3.63) is 42.2 Å². The van der Waals surface area contributed by atoms with E-state index in [2.05, 4.69) is 15.3 Å². The van der Waals surface area contributed by atoms with Crippen molar-refractivity contribution in [3.63, 3.8) is 0 Å². The molecule has 110 valence electrons. The minimum Gasteiger partial charge on any atom is -0.484 e. The van der Waals surface area contributed by atoms with Crippen LogP contribution < -0.4 is 15.0 Å². The highest BCUT2D eigenvalue weighted by atomic mass is 16.5. The minimum absolute atomic E-state index is 0.0567. The molecule has 0 aliphatic carbocycles. The Morgan fingerprint density at radius 1 is 1.29 bits per heavy atom. The number of amides is 1. The normalized spacial score (nSPS) is 10.0. The van der Waals surface area contributed by atoms with Gasteiger partial charge >= 0.3 is 0 Å². The molecular formula is C15H18N4O2. The van der Waals surface area contributed by atoms with Crippen LogP contribution in [0.4, 0.5) is 11.6 Å². The topological polar surface area (TPSA) is 67.3 Å². The number of hydrogen-bond donors (Lipinski definition) is 1. The van der Waals surface area contributed by atoms with Crippen LogP contribution in [0.5, 0.6) is 5.75 Å². The van der Waals surface area contributed by atoms with Crippen molar-refractivity contribution in [2.45, 2.75) is 6.92 Å². The Morgan fingerprint density at radius 2 is 2.00 bits per heavy atom. The Hall–Kier alpha value is -2.63. The van der Waals surface area contributed by atoms with Gasteiger partial charge in [0.1, 0.15) is 5.75 Å². The van der Waals surface area contributed by atoms with E-state index in [0.717, 1.165) is 5.56 Å². The Labute approximate surface area is 123 Å². The largest absolute Gasteiger partial charge is 0.484 e.